The van der Waals surface area contributed by atoms with Gasteiger partial charge in [-0.1, -0.05) is 19.8 Å². The van der Waals surface area contributed by atoms with E-state index in [1.165, 1.54) is 45.1 Å². The zero-order chi connectivity index (χ0) is 16.1. The summed E-state index contributed by atoms with van der Waals surface area (Å²) in [7, 11) is -3.65. The van der Waals surface area contributed by atoms with E-state index >= 15 is 0 Å². The normalized spacial score (nSPS) is 34.2. The predicted octanol–water partition coefficient (Wildman–Crippen LogP) is 4.53. The molecule has 0 aliphatic carbocycles. The quantitative estimate of drug-likeness (QED) is 0.317. The molecule has 0 saturated carbocycles. The van der Waals surface area contributed by atoms with E-state index in [4.69, 9.17) is 0 Å². The lowest BCUT2D eigenvalue weighted by Crippen LogP contribution is -2.56. The van der Waals surface area contributed by atoms with Crippen LogP contribution in [0.1, 0.15) is 58.3 Å². The second kappa shape index (κ2) is 7.00. The topological polar surface area (TPSA) is 23.8 Å². The second-order valence-electron chi connectivity index (χ2n) is 6.42. The van der Waals surface area contributed by atoms with Gasteiger partial charge in [-0.05, 0) is 12.8 Å². The number of quaternary nitrogens is 1. The van der Waals surface area contributed by atoms with Gasteiger partial charge in [0.15, 0.2) is 5.54 Å². The molecular weight excluding hydrogens is 283 g/mol. The monoisotopic (exact) mass is 308 g/mol. The summed E-state index contributed by atoms with van der Waals surface area (Å²) >= 11 is 0. The molecule has 21 heavy (non-hydrogen) atoms. The zero-order valence-electron chi connectivity index (χ0n) is 12.9. The summed E-state index contributed by atoms with van der Waals surface area (Å²) in [5, 5.41) is 9.52. The predicted molar refractivity (Wildman–Crippen MR) is 76.0 cm³/mol. The Morgan fingerprint density at radius 1 is 1.14 bits per heavy atom. The maximum atomic E-state index is 9.75. The summed E-state index contributed by atoms with van der Waals surface area (Å²) in [6, 6.07) is 3.47. The molecule has 1 atom stereocenters. The maximum Gasteiger partial charge on any atom is 0.673 e. The van der Waals surface area contributed by atoms with Crippen LogP contribution in [0.4, 0.5) is 17.3 Å². The first-order valence-corrected chi connectivity index (χ1v) is 7.82. The standard InChI is InChI=1S/C14H25N2.BF4/c1-3-4-5-6-11-16(2)13-7-9-14(16,12-15)10-8-13;2-1(3,4)5/h13H,3-11H2,1-2H3;/q+1;-1. The van der Waals surface area contributed by atoms with Gasteiger partial charge in [-0.3, -0.25) is 0 Å². The van der Waals surface area contributed by atoms with E-state index in [-0.39, 0.29) is 5.54 Å². The third-order valence-electron chi connectivity index (χ3n) is 5.25. The molecular formula is C14H25BF4N2. The molecule has 2 rings (SSSR count). The lowest BCUT2D eigenvalue weighted by Gasteiger charge is -2.40. The van der Waals surface area contributed by atoms with Crippen LogP contribution >= 0.6 is 0 Å². The second-order valence-corrected chi connectivity index (χ2v) is 6.42. The van der Waals surface area contributed by atoms with Gasteiger partial charge >= 0.3 is 7.25 Å². The highest BCUT2D eigenvalue weighted by molar-refractivity contribution is 6.50. The van der Waals surface area contributed by atoms with E-state index in [0.717, 1.165) is 23.4 Å². The Morgan fingerprint density at radius 3 is 2.10 bits per heavy atom. The molecule has 0 aromatic rings. The summed E-state index contributed by atoms with van der Waals surface area (Å²) in [5.74, 6) is 0. The largest absolute Gasteiger partial charge is 0.673 e. The molecule has 2 saturated heterocycles. The van der Waals surface area contributed by atoms with Gasteiger partial charge in [-0.15, -0.1) is 0 Å². The van der Waals surface area contributed by atoms with E-state index in [9.17, 15) is 22.5 Å². The molecule has 122 valence electrons. The van der Waals surface area contributed by atoms with E-state index in [2.05, 4.69) is 20.0 Å². The van der Waals surface area contributed by atoms with E-state index in [1.807, 2.05) is 0 Å². The number of halogens is 4. The van der Waals surface area contributed by atoms with Crippen molar-refractivity contribution < 1.29 is 21.7 Å². The van der Waals surface area contributed by atoms with E-state index in [0.29, 0.717) is 0 Å². The van der Waals surface area contributed by atoms with Gasteiger partial charge in [0.2, 0.25) is 0 Å². The summed E-state index contributed by atoms with van der Waals surface area (Å²) in [5.41, 5.74) is -0.00309. The molecule has 2 fully saturated rings. The van der Waals surface area contributed by atoms with Gasteiger partial charge < -0.3 is 21.7 Å². The number of hydrogen-bond donors (Lipinski definition) is 0. The number of nitrogens with zero attached hydrogens (tertiary/aromatic N) is 2. The molecule has 2 aliphatic rings. The number of unbranched alkanes of at least 4 members (excludes halogenated alkanes) is 3. The summed E-state index contributed by atoms with van der Waals surface area (Å²) in [6.45, 7) is 3.49. The van der Waals surface area contributed by atoms with Gasteiger partial charge in [0.1, 0.15) is 6.07 Å². The van der Waals surface area contributed by atoms with Gasteiger partial charge in [0.05, 0.1) is 19.6 Å². The highest BCUT2D eigenvalue weighted by Crippen LogP contribution is 2.51. The van der Waals surface area contributed by atoms with Gasteiger partial charge in [-0.25, -0.2) is 0 Å². The number of fused-ring (bicyclic) bond motifs is 2. The molecule has 0 spiro atoms. The Morgan fingerprint density at radius 2 is 1.67 bits per heavy atom. The van der Waals surface area contributed by atoms with Crippen LogP contribution in [-0.2, 0) is 0 Å². The molecule has 1 unspecified atom stereocenters. The number of hydrogen-bond acceptors (Lipinski definition) is 1. The van der Waals surface area contributed by atoms with Gasteiger partial charge in [-0.2, -0.15) is 5.26 Å². The SMILES string of the molecule is CCCCCC[N+]1(C)C2CCC1(C#N)CC2.F[B-](F)(F)F. The fourth-order valence-corrected chi connectivity index (χ4v) is 4.00. The summed E-state index contributed by atoms with van der Waals surface area (Å²) in [4.78, 5) is 0. The highest BCUT2D eigenvalue weighted by Gasteiger charge is 2.62. The molecule has 2 aliphatic heterocycles. The van der Waals surface area contributed by atoms with Crippen LogP contribution in [0.15, 0.2) is 0 Å². The lowest BCUT2D eigenvalue weighted by molar-refractivity contribution is -0.946. The van der Waals surface area contributed by atoms with Crippen molar-refractivity contribution in [2.75, 3.05) is 13.6 Å². The molecule has 0 N–H and O–H groups in total. The Bertz CT molecular complexity index is 366. The number of rotatable bonds is 5. The maximum absolute atomic E-state index is 9.75. The average molecular weight is 308 g/mol. The molecule has 2 bridgehead atoms. The minimum atomic E-state index is -6.00. The fraction of sp³-hybridized carbons (Fsp3) is 0.929. The molecule has 0 aromatic carbocycles. The van der Waals surface area contributed by atoms with Crippen LogP contribution in [-0.4, -0.2) is 36.9 Å². The molecule has 7 heteroatoms. The Kier molecular flexibility index (Phi) is 6.09. The summed E-state index contributed by atoms with van der Waals surface area (Å²) < 4.78 is 40.1. The van der Waals surface area contributed by atoms with E-state index < -0.39 is 7.25 Å². The third kappa shape index (κ3) is 4.35. The van der Waals surface area contributed by atoms with Crippen LogP contribution in [0, 0.1) is 11.3 Å². The third-order valence-corrected chi connectivity index (χ3v) is 5.25. The Balaban J connectivity index is 0.000000383. The molecule has 2 heterocycles. The van der Waals surface area contributed by atoms with E-state index in [1.54, 1.807) is 0 Å². The lowest BCUT2D eigenvalue weighted by atomic mass is 9.89. The molecule has 0 amide bonds. The zero-order valence-corrected chi connectivity index (χ0v) is 12.9. The van der Waals surface area contributed by atoms with Gasteiger partial charge in [0.25, 0.3) is 0 Å². The molecule has 2 nitrogen and oxygen atoms in total. The van der Waals surface area contributed by atoms with Crippen molar-refractivity contribution >= 4 is 7.25 Å². The minimum absolute atomic E-state index is 0.00309. The van der Waals surface area contributed by atoms with Crippen LogP contribution in [0.2, 0.25) is 0 Å². The van der Waals surface area contributed by atoms with Gasteiger partial charge in [0, 0.05) is 25.7 Å². The van der Waals surface area contributed by atoms with Crippen molar-refractivity contribution in [3.8, 4) is 6.07 Å². The van der Waals surface area contributed by atoms with Crippen LogP contribution < -0.4 is 0 Å². The van der Waals surface area contributed by atoms with Crippen molar-refractivity contribution in [2.24, 2.45) is 0 Å². The Hall–Kier alpha value is -0.765. The van der Waals surface area contributed by atoms with Crippen LogP contribution in [0.3, 0.4) is 0 Å². The van der Waals surface area contributed by atoms with Crippen molar-refractivity contribution in [1.82, 2.24) is 0 Å². The van der Waals surface area contributed by atoms with Crippen LogP contribution in [0.5, 0.6) is 0 Å². The van der Waals surface area contributed by atoms with Crippen molar-refractivity contribution in [3.63, 3.8) is 0 Å². The van der Waals surface area contributed by atoms with Crippen molar-refractivity contribution in [3.05, 3.63) is 0 Å². The molecule has 0 radical (unpaired) electrons. The van der Waals surface area contributed by atoms with Crippen LogP contribution in [0.25, 0.3) is 0 Å². The highest BCUT2D eigenvalue weighted by atomic mass is 19.5. The smallest absolute Gasteiger partial charge is 0.418 e. The Labute approximate surface area is 124 Å². The first kappa shape index (κ1) is 18.3. The first-order valence-electron chi connectivity index (χ1n) is 7.82. The van der Waals surface area contributed by atoms with Crippen molar-refractivity contribution in [2.45, 2.75) is 69.9 Å². The fourth-order valence-electron chi connectivity index (χ4n) is 4.00. The summed E-state index contributed by atoms with van der Waals surface area (Å²) in [6.07, 6.45) is 10.2. The molecule has 0 aromatic heterocycles. The van der Waals surface area contributed by atoms with Crippen molar-refractivity contribution in [1.29, 1.82) is 5.26 Å². The minimum Gasteiger partial charge on any atom is -0.418 e. The number of nitriles is 1. The first-order chi connectivity index (χ1) is 9.68. The average Bonchev–Trinajstić information content (AvgIpc) is 2.82.